The Morgan fingerprint density at radius 3 is 2.62 bits per heavy atom. The summed E-state index contributed by atoms with van der Waals surface area (Å²) in [6, 6.07) is 4.15. The van der Waals surface area contributed by atoms with Crippen LogP contribution in [0.2, 0.25) is 0 Å². The lowest BCUT2D eigenvalue weighted by atomic mass is 10.3. The average Bonchev–Trinajstić information content (AvgIpc) is 2.87. The highest BCUT2D eigenvalue weighted by molar-refractivity contribution is 5.42. The smallest absolute Gasteiger partial charge is 0.252 e. The Morgan fingerprint density at radius 1 is 1.46 bits per heavy atom. The molecule has 0 aliphatic heterocycles. The maximum absolute atomic E-state index is 11.6. The lowest BCUT2D eigenvalue weighted by Crippen LogP contribution is -2.20. The summed E-state index contributed by atoms with van der Waals surface area (Å²) in [5.41, 5.74) is 1.09. The van der Waals surface area contributed by atoms with Crippen molar-refractivity contribution in [2.24, 2.45) is 0 Å². The zero-order valence-electron chi connectivity index (χ0n) is 8.03. The number of aromatic nitrogens is 1. The molecule has 0 saturated heterocycles. The van der Waals surface area contributed by atoms with Crippen LogP contribution in [0.25, 0.3) is 0 Å². The number of nitrogens with zero attached hydrogens (tertiary/aromatic N) is 2. The maximum atomic E-state index is 11.6. The van der Waals surface area contributed by atoms with Crippen LogP contribution in [0.4, 0.5) is 5.69 Å². The molecule has 1 saturated carbocycles. The Morgan fingerprint density at radius 2 is 2.15 bits per heavy atom. The summed E-state index contributed by atoms with van der Waals surface area (Å²) in [6.07, 6.45) is 4.21. The molecule has 1 fully saturated rings. The molecule has 1 aliphatic carbocycles. The van der Waals surface area contributed by atoms with Crippen LogP contribution in [-0.4, -0.2) is 18.7 Å². The summed E-state index contributed by atoms with van der Waals surface area (Å²) >= 11 is 0. The Kier molecular flexibility index (Phi) is 1.87. The molecule has 1 aliphatic rings. The molecule has 0 atom stereocenters. The Balaban J connectivity index is 2.37. The summed E-state index contributed by atoms with van der Waals surface area (Å²) in [7, 11) is 3.88. The van der Waals surface area contributed by atoms with Gasteiger partial charge in [-0.05, 0) is 18.9 Å². The highest BCUT2D eigenvalue weighted by Crippen LogP contribution is 2.33. The van der Waals surface area contributed by atoms with Crippen molar-refractivity contribution < 1.29 is 0 Å². The second-order valence-electron chi connectivity index (χ2n) is 3.76. The fraction of sp³-hybridized carbons (Fsp3) is 0.500. The predicted molar refractivity (Wildman–Crippen MR) is 53.3 cm³/mol. The number of rotatable bonds is 2. The van der Waals surface area contributed by atoms with Crippen LogP contribution in [0.3, 0.4) is 0 Å². The summed E-state index contributed by atoms with van der Waals surface area (Å²) in [5.74, 6) is 0. The van der Waals surface area contributed by atoms with E-state index in [2.05, 4.69) is 0 Å². The minimum atomic E-state index is 0.119. The molecule has 70 valence electrons. The lowest BCUT2D eigenvalue weighted by molar-refractivity contribution is 0.706. The van der Waals surface area contributed by atoms with E-state index in [1.165, 1.54) is 0 Å². The third-order valence-corrected chi connectivity index (χ3v) is 2.39. The molecular weight excluding hydrogens is 164 g/mol. The van der Waals surface area contributed by atoms with Gasteiger partial charge in [-0.25, -0.2) is 0 Å². The van der Waals surface area contributed by atoms with E-state index in [-0.39, 0.29) is 5.56 Å². The fourth-order valence-electron chi connectivity index (χ4n) is 1.41. The minimum Gasteiger partial charge on any atom is -0.377 e. The molecule has 1 aromatic heterocycles. The second kappa shape index (κ2) is 2.91. The maximum Gasteiger partial charge on any atom is 0.252 e. The van der Waals surface area contributed by atoms with Crippen molar-refractivity contribution in [2.45, 2.75) is 18.9 Å². The highest BCUT2D eigenvalue weighted by Gasteiger charge is 2.23. The molecule has 0 bridgehead atoms. The second-order valence-corrected chi connectivity index (χ2v) is 3.76. The molecule has 1 heterocycles. The van der Waals surface area contributed by atoms with Crippen molar-refractivity contribution in [1.29, 1.82) is 0 Å². The van der Waals surface area contributed by atoms with Crippen LogP contribution in [-0.2, 0) is 0 Å². The minimum absolute atomic E-state index is 0.119. The first-order valence-electron chi connectivity index (χ1n) is 4.58. The van der Waals surface area contributed by atoms with E-state index in [9.17, 15) is 4.79 Å². The fourth-order valence-corrected chi connectivity index (χ4v) is 1.41. The van der Waals surface area contributed by atoms with Crippen LogP contribution >= 0.6 is 0 Å². The Hall–Kier alpha value is -1.25. The monoisotopic (exact) mass is 178 g/mol. The third-order valence-electron chi connectivity index (χ3n) is 2.39. The summed E-state index contributed by atoms with van der Waals surface area (Å²) in [5, 5.41) is 0. The zero-order valence-corrected chi connectivity index (χ0v) is 8.03. The zero-order chi connectivity index (χ0) is 9.42. The molecular formula is C10H14N2O. The van der Waals surface area contributed by atoms with Crippen LogP contribution in [0, 0.1) is 0 Å². The van der Waals surface area contributed by atoms with Gasteiger partial charge in [-0.2, -0.15) is 0 Å². The van der Waals surface area contributed by atoms with Gasteiger partial charge in [0.25, 0.3) is 5.56 Å². The molecule has 0 spiro atoms. The van der Waals surface area contributed by atoms with Crippen molar-refractivity contribution in [3.63, 3.8) is 0 Å². The third kappa shape index (κ3) is 1.59. The summed E-state index contributed by atoms with van der Waals surface area (Å²) in [4.78, 5) is 13.5. The van der Waals surface area contributed by atoms with Crippen molar-refractivity contribution >= 4 is 5.69 Å². The van der Waals surface area contributed by atoms with Crippen molar-refractivity contribution in [2.75, 3.05) is 19.0 Å². The topological polar surface area (TPSA) is 25.2 Å². The van der Waals surface area contributed by atoms with E-state index >= 15 is 0 Å². The molecule has 1 aromatic rings. The van der Waals surface area contributed by atoms with Crippen LogP contribution in [0.15, 0.2) is 23.1 Å². The predicted octanol–water partition coefficient (Wildman–Crippen LogP) is 1.25. The van der Waals surface area contributed by atoms with Gasteiger partial charge in [0.05, 0.1) is 0 Å². The molecule has 0 radical (unpaired) electrons. The van der Waals surface area contributed by atoms with Crippen molar-refractivity contribution in [3.8, 4) is 0 Å². The van der Waals surface area contributed by atoms with Crippen molar-refractivity contribution in [3.05, 3.63) is 28.7 Å². The van der Waals surface area contributed by atoms with Gasteiger partial charge in [0.15, 0.2) is 0 Å². The number of pyridine rings is 1. The van der Waals surface area contributed by atoms with Crippen molar-refractivity contribution in [1.82, 2.24) is 4.57 Å². The SMILES string of the molecule is CN(C)c1ccn(C2CC2)c(=O)c1. The van der Waals surface area contributed by atoms with E-state index in [0.29, 0.717) is 6.04 Å². The standard InChI is InChI=1S/C10H14N2O/c1-11(2)9-5-6-12(8-3-4-8)10(13)7-9/h5-8H,3-4H2,1-2H3. The summed E-state index contributed by atoms with van der Waals surface area (Å²) < 4.78 is 1.83. The number of hydrogen-bond acceptors (Lipinski definition) is 2. The first kappa shape index (κ1) is 8.35. The van der Waals surface area contributed by atoms with Gasteiger partial charge in [0.2, 0.25) is 0 Å². The Bertz CT molecular complexity index is 363. The van der Waals surface area contributed by atoms with Gasteiger partial charge in [-0.1, -0.05) is 0 Å². The molecule has 0 aromatic carbocycles. The van der Waals surface area contributed by atoms with Gasteiger partial charge < -0.3 is 9.47 Å². The van der Waals surface area contributed by atoms with Gasteiger partial charge in [0.1, 0.15) is 0 Å². The van der Waals surface area contributed by atoms with Gasteiger partial charge in [-0.3, -0.25) is 4.79 Å². The van der Waals surface area contributed by atoms with E-state index in [1.807, 2.05) is 35.8 Å². The van der Waals surface area contributed by atoms with E-state index < -0.39 is 0 Å². The van der Waals surface area contributed by atoms with E-state index in [1.54, 1.807) is 6.07 Å². The molecule has 0 amide bonds. The Labute approximate surface area is 77.6 Å². The quantitative estimate of drug-likeness (QED) is 0.681. The van der Waals surface area contributed by atoms with Gasteiger partial charge in [-0.15, -0.1) is 0 Å². The van der Waals surface area contributed by atoms with Gasteiger partial charge >= 0.3 is 0 Å². The first-order chi connectivity index (χ1) is 6.18. The molecule has 3 nitrogen and oxygen atoms in total. The molecule has 2 rings (SSSR count). The largest absolute Gasteiger partial charge is 0.377 e. The number of hydrogen-bond donors (Lipinski definition) is 0. The van der Waals surface area contributed by atoms with Gasteiger partial charge in [0, 0.05) is 38.1 Å². The van der Waals surface area contributed by atoms with Crippen LogP contribution in [0.1, 0.15) is 18.9 Å². The average molecular weight is 178 g/mol. The molecule has 3 heteroatoms. The van der Waals surface area contributed by atoms with Crippen LogP contribution < -0.4 is 10.5 Å². The number of anilines is 1. The molecule has 13 heavy (non-hydrogen) atoms. The summed E-state index contributed by atoms with van der Waals surface area (Å²) in [6.45, 7) is 0. The van der Waals surface area contributed by atoms with E-state index in [4.69, 9.17) is 0 Å². The first-order valence-corrected chi connectivity index (χ1v) is 4.58. The highest BCUT2D eigenvalue weighted by atomic mass is 16.1. The molecule has 0 unspecified atom stereocenters. The van der Waals surface area contributed by atoms with E-state index in [0.717, 1.165) is 18.5 Å². The normalized spacial score (nSPS) is 15.8. The molecule has 0 N–H and O–H groups in total. The van der Waals surface area contributed by atoms with Crippen LogP contribution in [0.5, 0.6) is 0 Å². The lowest BCUT2D eigenvalue weighted by Gasteiger charge is -2.12.